The second-order valence-electron chi connectivity index (χ2n) is 1.09. The van der Waals surface area contributed by atoms with Crippen LogP contribution in [0.5, 0.6) is 0 Å². The van der Waals surface area contributed by atoms with Crippen molar-refractivity contribution in [2.75, 3.05) is 0 Å². The van der Waals surface area contributed by atoms with Gasteiger partial charge in [-0.15, -0.1) is 6.58 Å². The Hall–Kier alpha value is -0.300. The number of nitrogens with two attached hydrogens (primary N) is 1. The molecule has 2 N–H and O–H groups in total. The Bertz CT molecular complexity index is 31.5. The summed E-state index contributed by atoms with van der Waals surface area (Å²) in [5.41, 5.74) is 5.17. The molecule has 0 saturated carbocycles. The maximum atomic E-state index is 5.17. The van der Waals surface area contributed by atoms with Crippen molar-refractivity contribution < 1.29 is 0 Å². The van der Waals surface area contributed by atoms with Gasteiger partial charge in [0.15, 0.2) is 0 Å². The van der Waals surface area contributed by atoms with Crippen molar-refractivity contribution in [1.29, 1.82) is 0 Å². The lowest BCUT2D eigenvalue weighted by Gasteiger charge is -1.85. The van der Waals surface area contributed by atoms with Gasteiger partial charge in [0.2, 0.25) is 0 Å². The highest BCUT2D eigenvalue weighted by molar-refractivity contribution is 4.76. The summed E-state index contributed by atoms with van der Waals surface area (Å²) in [5, 5.41) is 0. The quantitative estimate of drug-likeness (QED) is 0.544. The van der Waals surface area contributed by atoms with Gasteiger partial charge >= 0.3 is 0 Å². The molecule has 58 valence electrons. The first-order chi connectivity index (χ1) is 4.27. The van der Waals surface area contributed by atoms with E-state index in [4.69, 9.17) is 5.73 Å². The van der Waals surface area contributed by atoms with Crippen LogP contribution in [0.1, 0.15) is 34.6 Å². The Morgan fingerprint density at radius 3 is 1.33 bits per heavy atom. The zero-order valence-corrected chi connectivity index (χ0v) is 7.44. The van der Waals surface area contributed by atoms with E-state index in [1.165, 1.54) is 0 Å². The third-order valence-corrected chi connectivity index (χ3v) is 0.372. The molecule has 1 heteroatoms. The van der Waals surface area contributed by atoms with Crippen LogP contribution in [0, 0.1) is 0 Å². The summed E-state index contributed by atoms with van der Waals surface area (Å²) in [6.45, 7) is 13.3. The van der Waals surface area contributed by atoms with Gasteiger partial charge < -0.3 is 5.73 Å². The number of hydrogen-bond donors (Lipinski definition) is 1. The lowest BCUT2D eigenvalue weighted by Crippen LogP contribution is -2.09. The van der Waals surface area contributed by atoms with E-state index in [9.17, 15) is 0 Å². The SMILES string of the molecule is C=CC(C)N.CC.CC. The van der Waals surface area contributed by atoms with E-state index in [0.717, 1.165) is 0 Å². The molecule has 0 saturated heterocycles. The van der Waals surface area contributed by atoms with E-state index in [2.05, 4.69) is 6.58 Å². The highest BCUT2D eigenvalue weighted by Crippen LogP contribution is 1.67. The minimum atomic E-state index is 0.148. The first kappa shape index (κ1) is 15.9. The van der Waals surface area contributed by atoms with Crippen LogP contribution in [-0.4, -0.2) is 6.04 Å². The first-order valence-electron chi connectivity index (χ1n) is 3.65. The lowest BCUT2D eigenvalue weighted by atomic mass is 10.4. The molecule has 0 aromatic rings. The molecule has 1 unspecified atom stereocenters. The average molecular weight is 131 g/mol. The van der Waals surface area contributed by atoms with Crippen LogP contribution in [0.25, 0.3) is 0 Å². The van der Waals surface area contributed by atoms with Gasteiger partial charge in [-0.2, -0.15) is 0 Å². The maximum Gasteiger partial charge on any atom is 0.0192 e. The Labute approximate surface area is 60.0 Å². The van der Waals surface area contributed by atoms with Crippen LogP contribution < -0.4 is 5.73 Å². The van der Waals surface area contributed by atoms with Crippen molar-refractivity contribution in [3.05, 3.63) is 12.7 Å². The highest BCUT2D eigenvalue weighted by Gasteiger charge is 1.73. The normalized spacial score (nSPS) is 9.11. The predicted molar refractivity (Wildman–Crippen MR) is 46.5 cm³/mol. The number of hydrogen-bond acceptors (Lipinski definition) is 1. The second-order valence-corrected chi connectivity index (χ2v) is 1.09. The fourth-order valence-corrected chi connectivity index (χ4v) is 0. The zero-order chi connectivity index (χ0) is 8.28. The summed E-state index contributed by atoms with van der Waals surface area (Å²) in [5.74, 6) is 0. The molecule has 0 fully saturated rings. The molecule has 9 heavy (non-hydrogen) atoms. The van der Waals surface area contributed by atoms with E-state index in [1.807, 2.05) is 34.6 Å². The Morgan fingerprint density at radius 2 is 1.33 bits per heavy atom. The van der Waals surface area contributed by atoms with Crippen LogP contribution in [0.15, 0.2) is 12.7 Å². The van der Waals surface area contributed by atoms with Crippen molar-refractivity contribution in [3.8, 4) is 0 Å². The molecule has 0 aromatic heterocycles. The third kappa shape index (κ3) is 86.6. The summed E-state index contributed by atoms with van der Waals surface area (Å²) in [4.78, 5) is 0. The van der Waals surface area contributed by atoms with Gasteiger partial charge in [-0.1, -0.05) is 33.8 Å². The van der Waals surface area contributed by atoms with E-state index in [-0.39, 0.29) is 6.04 Å². The number of rotatable bonds is 1. The van der Waals surface area contributed by atoms with Crippen LogP contribution in [0.4, 0.5) is 0 Å². The summed E-state index contributed by atoms with van der Waals surface area (Å²) in [6.07, 6.45) is 1.69. The van der Waals surface area contributed by atoms with Crippen molar-refractivity contribution in [3.63, 3.8) is 0 Å². The zero-order valence-electron chi connectivity index (χ0n) is 7.44. The van der Waals surface area contributed by atoms with Crippen molar-refractivity contribution >= 4 is 0 Å². The smallest absolute Gasteiger partial charge is 0.0192 e. The molecular formula is C8H21N. The molecule has 0 aliphatic carbocycles. The molecule has 0 bridgehead atoms. The predicted octanol–water partition coefficient (Wildman–Crippen LogP) is 2.57. The fourth-order valence-electron chi connectivity index (χ4n) is 0. The molecule has 1 atom stereocenters. The van der Waals surface area contributed by atoms with Gasteiger partial charge in [0.1, 0.15) is 0 Å². The van der Waals surface area contributed by atoms with E-state index < -0.39 is 0 Å². The summed E-state index contributed by atoms with van der Waals surface area (Å²) in [7, 11) is 0. The Balaban J connectivity index is -0.0000000771. The van der Waals surface area contributed by atoms with Gasteiger partial charge in [0.05, 0.1) is 0 Å². The molecule has 0 radical (unpaired) electrons. The molecule has 0 aromatic carbocycles. The molecule has 0 heterocycles. The van der Waals surface area contributed by atoms with Gasteiger partial charge in [-0.25, -0.2) is 0 Å². The summed E-state index contributed by atoms with van der Waals surface area (Å²) in [6, 6.07) is 0.148. The van der Waals surface area contributed by atoms with Crippen molar-refractivity contribution in [2.45, 2.75) is 40.7 Å². The molecule has 0 rings (SSSR count). The Morgan fingerprint density at radius 1 is 1.22 bits per heavy atom. The topological polar surface area (TPSA) is 26.0 Å². The van der Waals surface area contributed by atoms with E-state index in [1.54, 1.807) is 6.08 Å². The molecular weight excluding hydrogens is 110 g/mol. The third-order valence-electron chi connectivity index (χ3n) is 0.372. The first-order valence-corrected chi connectivity index (χ1v) is 3.65. The molecule has 1 nitrogen and oxygen atoms in total. The van der Waals surface area contributed by atoms with Gasteiger partial charge in [0.25, 0.3) is 0 Å². The van der Waals surface area contributed by atoms with Crippen LogP contribution >= 0.6 is 0 Å². The lowest BCUT2D eigenvalue weighted by molar-refractivity contribution is 0.929. The highest BCUT2D eigenvalue weighted by atomic mass is 14.6. The standard InChI is InChI=1S/C4H9N.2C2H6/c1-3-4(2)5;2*1-2/h3-4H,1,5H2,2H3;2*1-2H3. The summed E-state index contributed by atoms with van der Waals surface area (Å²) >= 11 is 0. The molecule has 0 spiro atoms. The molecule has 0 aliphatic heterocycles. The van der Waals surface area contributed by atoms with Crippen molar-refractivity contribution in [2.24, 2.45) is 5.73 Å². The van der Waals surface area contributed by atoms with Crippen LogP contribution in [0.3, 0.4) is 0 Å². The second kappa shape index (κ2) is 25.2. The van der Waals surface area contributed by atoms with Crippen LogP contribution in [0.2, 0.25) is 0 Å². The van der Waals surface area contributed by atoms with E-state index >= 15 is 0 Å². The largest absolute Gasteiger partial charge is 0.325 e. The molecule has 0 aliphatic rings. The van der Waals surface area contributed by atoms with E-state index in [0.29, 0.717) is 0 Å². The average Bonchev–Trinajstić information content (AvgIpc) is 1.97. The Kier molecular flexibility index (Phi) is 44.5. The minimum absolute atomic E-state index is 0.148. The van der Waals surface area contributed by atoms with Crippen LogP contribution in [-0.2, 0) is 0 Å². The summed E-state index contributed by atoms with van der Waals surface area (Å²) < 4.78 is 0. The van der Waals surface area contributed by atoms with Gasteiger partial charge in [0, 0.05) is 6.04 Å². The monoisotopic (exact) mass is 131 g/mol. The van der Waals surface area contributed by atoms with Crippen molar-refractivity contribution in [1.82, 2.24) is 0 Å². The fraction of sp³-hybridized carbons (Fsp3) is 0.750. The maximum absolute atomic E-state index is 5.17. The van der Waals surface area contributed by atoms with Gasteiger partial charge in [-0.05, 0) is 6.92 Å². The minimum Gasteiger partial charge on any atom is -0.325 e. The van der Waals surface area contributed by atoms with Gasteiger partial charge in [-0.3, -0.25) is 0 Å². The molecule has 0 amide bonds.